The van der Waals surface area contributed by atoms with Crippen LogP contribution < -0.4 is 5.56 Å². The Kier molecular flexibility index (Phi) is 4.05. The first-order chi connectivity index (χ1) is 12.1. The van der Waals surface area contributed by atoms with Gasteiger partial charge in [0.2, 0.25) is 5.91 Å². The zero-order valence-electron chi connectivity index (χ0n) is 13.9. The normalized spacial score (nSPS) is 17.3. The number of aromatic nitrogens is 1. The summed E-state index contributed by atoms with van der Waals surface area (Å²) in [7, 11) is 0. The zero-order chi connectivity index (χ0) is 17.6. The van der Waals surface area contributed by atoms with Gasteiger partial charge < -0.3 is 4.98 Å². The molecule has 128 valence electrons. The largest absolute Gasteiger partial charge is 0.313 e. The van der Waals surface area contributed by atoms with Gasteiger partial charge in [0.05, 0.1) is 17.3 Å². The van der Waals surface area contributed by atoms with Crippen molar-refractivity contribution in [2.45, 2.75) is 32.7 Å². The maximum atomic E-state index is 12.6. The molecule has 0 bridgehead atoms. The van der Waals surface area contributed by atoms with Crippen LogP contribution in [0.5, 0.6) is 0 Å². The summed E-state index contributed by atoms with van der Waals surface area (Å²) in [5.41, 5.74) is 3.13. The van der Waals surface area contributed by atoms with E-state index in [1.54, 1.807) is 16.3 Å². The van der Waals surface area contributed by atoms with Gasteiger partial charge in [-0.05, 0) is 46.3 Å². The van der Waals surface area contributed by atoms with E-state index in [0.717, 1.165) is 21.3 Å². The fourth-order valence-corrected chi connectivity index (χ4v) is 4.84. The molecule has 1 aliphatic rings. The second-order valence-corrected chi connectivity index (χ2v) is 7.73. The lowest BCUT2D eigenvalue weighted by Crippen LogP contribution is -2.25. The molecule has 1 amide bonds. The highest BCUT2D eigenvalue weighted by molar-refractivity contribution is 7.16. The van der Waals surface area contributed by atoms with E-state index in [0.29, 0.717) is 24.1 Å². The summed E-state index contributed by atoms with van der Waals surface area (Å²) in [5, 5.41) is 13.2. The average Bonchev–Trinajstić information content (AvgIpc) is 3.33. The van der Waals surface area contributed by atoms with Crippen LogP contribution in [0.4, 0.5) is 0 Å². The number of hydrazone groups is 1. The molecule has 0 aromatic carbocycles. The SMILES string of the molecule is CCC(=O)N1N=C(c2c(C)c3ccsc3[nH]c2=O)C[C@H]1c1ccsc1. The lowest BCUT2D eigenvalue weighted by molar-refractivity contribution is -0.132. The molecule has 4 rings (SSSR count). The predicted molar refractivity (Wildman–Crippen MR) is 103 cm³/mol. The molecule has 0 saturated heterocycles. The molecule has 0 spiro atoms. The van der Waals surface area contributed by atoms with Crippen LogP contribution in [0.3, 0.4) is 0 Å². The molecule has 3 aromatic heterocycles. The number of aryl methyl sites for hydroxylation is 1. The minimum absolute atomic E-state index is 0.0307. The Balaban J connectivity index is 1.83. The van der Waals surface area contributed by atoms with Gasteiger partial charge in [-0.15, -0.1) is 11.3 Å². The number of hydrogen-bond acceptors (Lipinski definition) is 5. The molecule has 0 fully saturated rings. The zero-order valence-corrected chi connectivity index (χ0v) is 15.5. The molecular formula is C18H17N3O2S2. The highest BCUT2D eigenvalue weighted by Crippen LogP contribution is 2.35. The molecule has 3 aromatic rings. The van der Waals surface area contributed by atoms with Crippen LogP contribution in [-0.2, 0) is 4.79 Å². The second kappa shape index (κ2) is 6.24. The summed E-state index contributed by atoms with van der Waals surface area (Å²) in [6.07, 6.45) is 0.943. The number of rotatable bonds is 3. The van der Waals surface area contributed by atoms with Gasteiger partial charge >= 0.3 is 0 Å². The van der Waals surface area contributed by atoms with E-state index in [-0.39, 0.29) is 17.5 Å². The van der Waals surface area contributed by atoms with Crippen LogP contribution in [0, 0.1) is 6.92 Å². The number of hydrogen-bond donors (Lipinski definition) is 1. The Bertz CT molecular complexity index is 1030. The van der Waals surface area contributed by atoms with Gasteiger partial charge in [0.25, 0.3) is 5.56 Å². The average molecular weight is 371 g/mol. The summed E-state index contributed by atoms with van der Waals surface area (Å²) < 4.78 is 0. The van der Waals surface area contributed by atoms with Gasteiger partial charge in [0.15, 0.2) is 0 Å². The quantitative estimate of drug-likeness (QED) is 0.755. The van der Waals surface area contributed by atoms with Crippen molar-refractivity contribution < 1.29 is 4.79 Å². The number of thiophene rings is 2. The minimum Gasteiger partial charge on any atom is -0.313 e. The van der Waals surface area contributed by atoms with Gasteiger partial charge in [-0.3, -0.25) is 9.59 Å². The van der Waals surface area contributed by atoms with E-state index in [2.05, 4.69) is 10.1 Å². The van der Waals surface area contributed by atoms with Crippen molar-refractivity contribution in [3.05, 3.63) is 55.3 Å². The van der Waals surface area contributed by atoms with E-state index in [9.17, 15) is 9.59 Å². The standard InChI is InChI=1S/C18H17N3O2S2/c1-3-15(22)21-14(11-4-6-24-9-11)8-13(20-21)16-10(2)12-5-7-25-18(12)19-17(16)23/h4-7,9,14H,3,8H2,1-2H3,(H,19,23)/t14-/m0/s1. The smallest absolute Gasteiger partial charge is 0.258 e. The third-order valence-corrected chi connectivity index (χ3v) is 6.11. The number of nitrogens with zero attached hydrogens (tertiary/aromatic N) is 2. The van der Waals surface area contributed by atoms with Gasteiger partial charge in [-0.25, -0.2) is 5.01 Å². The fraction of sp³-hybridized carbons (Fsp3) is 0.278. The van der Waals surface area contributed by atoms with Crippen molar-refractivity contribution >= 4 is 44.5 Å². The molecule has 0 unspecified atom stereocenters. The molecule has 1 N–H and O–H groups in total. The summed E-state index contributed by atoms with van der Waals surface area (Å²) in [6.45, 7) is 3.78. The van der Waals surface area contributed by atoms with Gasteiger partial charge in [-0.1, -0.05) is 6.92 Å². The Morgan fingerprint density at radius 1 is 1.40 bits per heavy atom. The van der Waals surface area contributed by atoms with E-state index in [1.165, 1.54) is 11.3 Å². The van der Waals surface area contributed by atoms with Crippen molar-refractivity contribution in [3.8, 4) is 0 Å². The summed E-state index contributed by atoms with van der Waals surface area (Å²) >= 11 is 3.11. The van der Waals surface area contributed by atoms with Crippen molar-refractivity contribution in [3.63, 3.8) is 0 Å². The number of pyridine rings is 1. The van der Waals surface area contributed by atoms with Gasteiger partial charge in [-0.2, -0.15) is 16.4 Å². The summed E-state index contributed by atoms with van der Waals surface area (Å²) in [6, 6.07) is 3.89. The van der Waals surface area contributed by atoms with Crippen LogP contribution in [0.1, 0.15) is 42.5 Å². The molecule has 4 heterocycles. The van der Waals surface area contributed by atoms with Gasteiger partial charge in [0, 0.05) is 18.2 Å². The van der Waals surface area contributed by atoms with E-state index < -0.39 is 0 Å². The van der Waals surface area contributed by atoms with Gasteiger partial charge in [0.1, 0.15) is 4.83 Å². The van der Waals surface area contributed by atoms with Crippen LogP contribution in [-0.4, -0.2) is 21.6 Å². The third kappa shape index (κ3) is 2.63. The highest BCUT2D eigenvalue weighted by Gasteiger charge is 2.34. The first-order valence-electron chi connectivity index (χ1n) is 8.12. The molecule has 7 heteroatoms. The lowest BCUT2D eigenvalue weighted by Gasteiger charge is -2.20. The summed E-state index contributed by atoms with van der Waals surface area (Å²) in [4.78, 5) is 28.8. The van der Waals surface area contributed by atoms with E-state index >= 15 is 0 Å². The molecule has 1 atom stereocenters. The highest BCUT2D eigenvalue weighted by atomic mass is 32.1. The monoisotopic (exact) mass is 371 g/mol. The maximum absolute atomic E-state index is 12.6. The Labute approximate surface area is 152 Å². The molecular weight excluding hydrogens is 354 g/mol. The Hall–Kier alpha value is -2.25. The number of H-pyrrole nitrogens is 1. The Morgan fingerprint density at radius 2 is 2.24 bits per heavy atom. The molecule has 25 heavy (non-hydrogen) atoms. The number of carbonyl (C=O) groups is 1. The topological polar surface area (TPSA) is 65.5 Å². The van der Waals surface area contributed by atoms with E-state index in [1.807, 2.05) is 42.1 Å². The number of carbonyl (C=O) groups excluding carboxylic acids is 1. The fourth-order valence-electron chi connectivity index (χ4n) is 3.30. The maximum Gasteiger partial charge on any atom is 0.258 e. The molecule has 5 nitrogen and oxygen atoms in total. The van der Waals surface area contributed by atoms with Crippen LogP contribution >= 0.6 is 22.7 Å². The van der Waals surface area contributed by atoms with Crippen molar-refractivity contribution in [1.82, 2.24) is 9.99 Å². The van der Waals surface area contributed by atoms with Crippen LogP contribution in [0.25, 0.3) is 10.2 Å². The first kappa shape index (κ1) is 16.2. The molecule has 1 aliphatic heterocycles. The van der Waals surface area contributed by atoms with E-state index in [4.69, 9.17) is 0 Å². The van der Waals surface area contributed by atoms with Crippen molar-refractivity contribution in [2.75, 3.05) is 0 Å². The predicted octanol–water partition coefficient (Wildman–Crippen LogP) is 4.05. The minimum atomic E-state index is -0.138. The number of aromatic amines is 1. The molecule has 0 saturated carbocycles. The summed E-state index contributed by atoms with van der Waals surface area (Å²) in [5.74, 6) is -0.0307. The number of fused-ring (bicyclic) bond motifs is 1. The lowest BCUT2D eigenvalue weighted by atomic mass is 9.97. The molecule has 0 aliphatic carbocycles. The molecule has 0 radical (unpaired) electrons. The van der Waals surface area contributed by atoms with Crippen molar-refractivity contribution in [2.24, 2.45) is 5.10 Å². The first-order valence-corrected chi connectivity index (χ1v) is 9.94. The number of nitrogens with one attached hydrogen (secondary N) is 1. The second-order valence-electron chi connectivity index (χ2n) is 6.03. The Morgan fingerprint density at radius 3 is 2.96 bits per heavy atom. The number of amides is 1. The van der Waals surface area contributed by atoms with Crippen LogP contribution in [0.15, 0.2) is 38.2 Å². The van der Waals surface area contributed by atoms with Crippen molar-refractivity contribution in [1.29, 1.82) is 0 Å². The third-order valence-electron chi connectivity index (χ3n) is 4.58. The van der Waals surface area contributed by atoms with Crippen LogP contribution in [0.2, 0.25) is 0 Å².